The number of sulfonamides is 1. The highest BCUT2D eigenvalue weighted by atomic mass is 32.2. The molecular formula is C26H32N4O4S. The molecule has 0 saturated heterocycles. The fraction of sp³-hybridized carbons (Fsp3) is 0.346. The van der Waals surface area contributed by atoms with Gasteiger partial charge in [-0.2, -0.15) is 0 Å². The van der Waals surface area contributed by atoms with Crippen molar-refractivity contribution in [3.05, 3.63) is 66.9 Å². The zero-order valence-electron chi connectivity index (χ0n) is 22.1. The molecule has 8 nitrogen and oxygen atoms in total. The fourth-order valence-corrected chi connectivity index (χ4v) is 3.88. The van der Waals surface area contributed by atoms with E-state index in [2.05, 4.69) is 0 Å². The van der Waals surface area contributed by atoms with Gasteiger partial charge < -0.3 is 9.64 Å². The minimum atomic E-state index is -3.64. The summed E-state index contributed by atoms with van der Waals surface area (Å²) in [5.41, 5.74) is 3.16. The molecule has 0 unspecified atom stereocenters. The summed E-state index contributed by atoms with van der Waals surface area (Å²) in [5, 5.41) is 0. The van der Waals surface area contributed by atoms with Gasteiger partial charge in [0.05, 0.1) is 23.8 Å². The third-order valence-corrected chi connectivity index (χ3v) is 5.50. The lowest BCUT2D eigenvalue weighted by atomic mass is 10.0. The molecule has 0 fully saturated rings. The van der Waals surface area contributed by atoms with Gasteiger partial charge in [0.2, 0.25) is 10.0 Å². The molecule has 0 aliphatic carbocycles. The molecule has 0 bridgehead atoms. The monoisotopic (exact) mass is 498 g/mol. The Hall–Kier alpha value is -3.30. The van der Waals surface area contributed by atoms with Crippen molar-refractivity contribution in [2.45, 2.75) is 32.7 Å². The number of ether oxygens (including phenoxy) is 1. The zero-order chi connectivity index (χ0) is 27.1. The van der Waals surface area contributed by atoms with Crippen LogP contribution in [0.15, 0.2) is 66.9 Å². The van der Waals surface area contributed by atoms with Crippen LogP contribution in [0.2, 0.25) is 0 Å². The van der Waals surface area contributed by atoms with E-state index >= 15 is 0 Å². The molecule has 9 heteroatoms. The lowest BCUT2D eigenvalue weighted by Crippen LogP contribution is -2.33. The predicted molar refractivity (Wildman–Crippen MR) is 138 cm³/mol. The molecule has 1 heterocycles. The topological polar surface area (TPSA) is 101 Å². The zero-order valence-corrected chi connectivity index (χ0v) is 21.0. The van der Waals surface area contributed by atoms with E-state index in [1.165, 1.54) is 0 Å². The first-order valence-electron chi connectivity index (χ1n) is 12.3. The second-order valence-corrected chi connectivity index (χ2v) is 9.98. The van der Waals surface area contributed by atoms with Crippen molar-refractivity contribution < 1.29 is 20.7 Å². The summed E-state index contributed by atoms with van der Waals surface area (Å²) in [6.07, 6.45) is 2.89. The van der Waals surface area contributed by atoms with Crippen LogP contribution >= 0.6 is 0 Å². The normalized spacial score (nSPS) is 12.7. The predicted octanol–water partition coefficient (Wildman–Crippen LogP) is 3.90. The highest BCUT2D eigenvalue weighted by Gasteiger charge is 2.17. The highest BCUT2D eigenvalue weighted by molar-refractivity contribution is 7.89. The van der Waals surface area contributed by atoms with E-state index < -0.39 is 29.0 Å². The smallest absolute Gasteiger partial charge is 0.259 e. The molecule has 35 heavy (non-hydrogen) atoms. The van der Waals surface area contributed by atoms with E-state index in [1.807, 2.05) is 79.2 Å². The Bertz CT molecular complexity index is 1290. The van der Waals surface area contributed by atoms with E-state index in [9.17, 15) is 13.2 Å². The van der Waals surface area contributed by atoms with Crippen LogP contribution in [0.5, 0.6) is 0 Å². The minimum Gasteiger partial charge on any atom is -0.372 e. The molecule has 0 radical (unpaired) electrons. The summed E-state index contributed by atoms with van der Waals surface area (Å²) in [6.45, 7) is 1.66. The molecule has 2 aromatic carbocycles. The van der Waals surface area contributed by atoms with E-state index in [-0.39, 0.29) is 19.1 Å². The van der Waals surface area contributed by atoms with E-state index in [1.54, 1.807) is 11.1 Å². The van der Waals surface area contributed by atoms with Gasteiger partial charge in [0, 0.05) is 33.0 Å². The van der Waals surface area contributed by atoms with Gasteiger partial charge in [0.1, 0.15) is 12.4 Å². The van der Waals surface area contributed by atoms with Gasteiger partial charge in [-0.1, -0.05) is 60.7 Å². The Kier molecular flexibility index (Phi) is 8.32. The third kappa shape index (κ3) is 8.15. The van der Waals surface area contributed by atoms with Gasteiger partial charge in [-0.15, -0.1) is 0 Å². The SMILES string of the molecule is [2H]C([2H])(CCCOCC(=O)NS(C)(=O)=O)N(c1cnc(-c2ccccc2)c(-c2ccccc2)n1)C(C)C. The second-order valence-electron chi connectivity index (χ2n) is 8.23. The number of aromatic nitrogens is 2. The Morgan fingerprint density at radius 1 is 1.03 bits per heavy atom. The maximum atomic E-state index is 11.6. The van der Waals surface area contributed by atoms with Crippen LogP contribution in [0.3, 0.4) is 0 Å². The first kappa shape index (κ1) is 23.4. The molecule has 186 valence electrons. The summed E-state index contributed by atoms with van der Waals surface area (Å²) in [7, 11) is -3.64. The average Bonchev–Trinajstić information content (AvgIpc) is 2.83. The van der Waals surface area contributed by atoms with Crippen molar-refractivity contribution in [1.82, 2.24) is 14.7 Å². The van der Waals surface area contributed by atoms with Gasteiger partial charge in [-0.05, 0) is 26.7 Å². The molecule has 0 spiro atoms. The number of rotatable bonds is 12. The Labute approximate surface area is 210 Å². The molecule has 1 amide bonds. The summed E-state index contributed by atoms with van der Waals surface area (Å²) in [5.74, 6) is -0.358. The number of anilines is 1. The van der Waals surface area contributed by atoms with Crippen LogP contribution in [-0.4, -0.2) is 56.3 Å². The number of hydrogen-bond acceptors (Lipinski definition) is 7. The van der Waals surface area contributed by atoms with E-state index in [0.717, 1.165) is 17.4 Å². The molecule has 3 rings (SSSR count). The molecule has 0 atom stereocenters. The van der Waals surface area contributed by atoms with Crippen LogP contribution in [0.4, 0.5) is 5.82 Å². The molecule has 0 aliphatic heterocycles. The number of nitrogens with one attached hydrogen (secondary N) is 1. The largest absolute Gasteiger partial charge is 0.372 e. The lowest BCUT2D eigenvalue weighted by molar-refractivity contribution is -0.123. The second kappa shape index (κ2) is 12.4. The summed E-state index contributed by atoms with van der Waals surface area (Å²) in [4.78, 5) is 22.8. The lowest BCUT2D eigenvalue weighted by Gasteiger charge is -2.28. The number of amides is 1. The number of nitrogens with zero attached hydrogens (tertiary/aromatic N) is 3. The summed E-state index contributed by atoms with van der Waals surface area (Å²) >= 11 is 0. The molecule has 3 aromatic rings. The summed E-state index contributed by atoms with van der Waals surface area (Å²) < 4.78 is 46.8. The number of carbonyl (C=O) groups is 1. The number of carbonyl (C=O) groups excluding carboxylic acids is 1. The quantitative estimate of drug-likeness (QED) is 0.378. The van der Waals surface area contributed by atoms with Crippen molar-refractivity contribution in [3.8, 4) is 22.5 Å². The number of hydrogen-bond donors (Lipinski definition) is 1. The van der Waals surface area contributed by atoms with Gasteiger partial charge in [-0.3, -0.25) is 14.5 Å². The van der Waals surface area contributed by atoms with Crippen LogP contribution in [0.1, 0.15) is 29.4 Å². The van der Waals surface area contributed by atoms with E-state index in [0.29, 0.717) is 23.6 Å². The Morgan fingerprint density at radius 3 is 2.20 bits per heavy atom. The van der Waals surface area contributed by atoms with Gasteiger partial charge in [0.15, 0.2) is 0 Å². The van der Waals surface area contributed by atoms with Crippen LogP contribution < -0.4 is 9.62 Å². The number of benzene rings is 2. The van der Waals surface area contributed by atoms with Crippen LogP contribution in [0, 0.1) is 0 Å². The molecule has 0 aliphatic rings. The highest BCUT2D eigenvalue weighted by Crippen LogP contribution is 2.30. The Morgan fingerprint density at radius 2 is 1.63 bits per heavy atom. The first-order chi connectivity index (χ1) is 17.5. The van der Waals surface area contributed by atoms with Gasteiger partial charge >= 0.3 is 0 Å². The van der Waals surface area contributed by atoms with Crippen LogP contribution in [0.25, 0.3) is 22.5 Å². The van der Waals surface area contributed by atoms with Crippen molar-refractivity contribution in [1.29, 1.82) is 0 Å². The van der Waals surface area contributed by atoms with E-state index in [4.69, 9.17) is 17.4 Å². The average molecular weight is 499 g/mol. The molecular weight excluding hydrogens is 464 g/mol. The molecule has 1 aromatic heterocycles. The van der Waals surface area contributed by atoms with Crippen molar-refractivity contribution >= 4 is 21.7 Å². The van der Waals surface area contributed by atoms with Crippen LogP contribution in [-0.2, 0) is 19.6 Å². The summed E-state index contributed by atoms with van der Waals surface area (Å²) in [6, 6.07) is 19.2. The van der Waals surface area contributed by atoms with Gasteiger partial charge in [0.25, 0.3) is 5.91 Å². The van der Waals surface area contributed by atoms with Crippen molar-refractivity contribution in [3.63, 3.8) is 0 Å². The van der Waals surface area contributed by atoms with Gasteiger partial charge in [-0.25, -0.2) is 13.4 Å². The Balaban J connectivity index is 1.80. The molecule has 0 saturated carbocycles. The maximum Gasteiger partial charge on any atom is 0.259 e. The minimum absolute atomic E-state index is 0.0938. The maximum absolute atomic E-state index is 11.6. The molecule has 1 N–H and O–H groups in total. The standard InChI is InChI=1S/C26H32N4O4S/c1-20(2)30(16-10-11-17-34-19-24(31)29-35(3,32)33)23-18-27-25(21-12-6-4-7-13-21)26(28-23)22-14-8-5-9-15-22/h4-9,12-15,18,20H,10-11,16-17,19H2,1-3H3,(H,29,31)/i16D2. The van der Waals surface area contributed by atoms with Crippen molar-refractivity contribution in [2.75, 3.05) is 30.9 Å². The third-order valence-electron chi connectivity index (χ3n) is 4.90. The fourth-order valence-electron chi connectivity index (χ4n) is 3.40. The first-order valence-corrected chi connectivity index (χ1v) is 13.2. The van der Waals surface area contributed by atoms with Crippen molar-refractivity contribution in [2.24, 2.45) is 0 Å².